The van der Waals surface area contributed by atoms with Gasteiger partial charge in [-0.05, 0) is 38.1 Å². The Bertz CT molecular complexity index is 1150. The van der Waals surface area contributed by atoms with Crippen molar-refractivity contribution in [1.29, 1.82) is 0 Å². The minimum atomic E-state index is -0.181. The Labute approximate surface area is 171 Å². The van der Waals surface area contributed by atoms with Gasteiger partial charge in [0.25, 0.3) is 5.91 Å². The first-order chi connectivity index (χ1) is 13.5. The zero-order valence-electron chi connectivity index (χ0n) is 15.3. The zero-order valence-corrected chi connectivity index (χ0v) is 16.9. The third kappa shape index (κ3) is 3.83. The minimum absolute atomic E-state index is 0.181. The van der Waals surface area contributed by atoms with Crippen molar-refractivity contribution < 1.29 is 4.79 Å². The number of hydrogen-bond donors (Lipinski definition) is 1. The number of nitrogens with zero attached hydrogens (tertiary/aromatic N) is 3. The number of anilines is 1. The van der Waals surface area contributed by atoms with Gasteiger partial charge in [-0.25, -0.2) is 4.98 Å². The first-order valence-electron chi connectivity index (χ1n) is 8.66. The molecule has 0 aliphatic heterocycles. The second-order valence-corrected chi connectivity index (χ2v) is 7.70. The monoisotopic (exact) mass is 408 g/mol. The largest absolute Gasteiger partial charge is 0.306 e. The number of aryl methyl sites for hydroxylation is 2. The maximum atomic E-state index is 12.6. The van der Waals surface area contributed by atoms with Gasteiger partial charge in [0.05, 0.1) is 11.4 Å². The van der Waals surface area contributed by atoms with Crippen molar-refractivity contribution in [3.63, 3.8) is 0 Å². The number of aromatic nitrogens is 3. The molecule has 4 aromatic rings. The van der Waals surface area contributed by atoms with Gasteiger partial charge in [0.15, 0.2) is 0 Å². The molecular weight excluding hydrogens is 392 g/mol. The molecule has 28 heavy (non-hydrogen) atoms. The second kappa shape index (κ2) is 7.58. The highest BCUT2D eigenvalue weighted by Crippen LogP contribution is 2.27. The number of halogens is 1. The quantitative estimate of drug-likeness (QED) is 0.483. The summed E-state index contributed by atoms with van der Waals surface area (Å²) in [6, 6.07) is 16.8. The standard InChI is InChI=1S/C21H17ClN4OS/c1-13-4-3-5-16(10-13)20(27)24-19-11-14(2)25-26(19)21-23-18(12-28-21)15-6-8-17(22)9-7-15/h3-12H,1-2H3,(H,24,27). The topological polar surface area (TPSA) is 59.8 Å². The smallest absolute Gasteiger partial charge is 0.256 e. The van der Waals surface area contributed by atoms with Crippen LogP contribution in [0.4, 0.5) is 5.82 Å². The lowest BCUT2D eigenvalue weighted by Crippen LogP contribution is -2.15. The summed E-state index contributed by atoms with van der Waals surface area (Å²) in [5.74, 6) is 0.403. The highest BCUT2D eigenvalue weighted by atomic mass is 35.5. The van der Waals surface area contributed by atoms with Crippen LogP contribution >= 0.6 is 22.9 Å². The van der Waals surface area contributed by atoms with E-state index in [1.165, 1.54) is 11.3 Å². The van der Waals surface area contributed by atoms with Crippen molar-refractivity contribution in [1.82, 2.24) is 14.8 Å². The van der Waals surface area contributed by atoms with Crippen LogP contribution in [0.5, 0.6) is 0 Å². The molecule has 1 N–H and O–H groups in total. The van der Waals surface area contributed by atoms with Crippen molar-refractivity contribution >= 4 is 34.7 Å². The van der Waals surface area contributed by atoms with E-state index in [2.05, 4.69) is 15.4 Å². The molecule has 0 fully saturated rings. The highest BCUT2D eigenvalue weighted by molar-refractivity contribution is 7.12. The Kier molecular flexibility index (Phi) is 4.98. The van der Waals surface area contributed by atoms with E-state index >= 15 is 0 Å². The predicted molar refractivity (Wildman–Crippen MR) is 114 cm³/mol. The Morgan fingerprint density at radius 1 is 1.11 bits per heavy atom. The van der Waals surface area contributed by atoms with E-state index in [0.29, 0.717) is 21.5 Å². The fraction of sp³-hybridized carbons (Fsp3) is 0.0952. The Balaban J connectivity index is 1.63. The van der Waals surface area contributed by atoms with Gasteiger partial charge in [-0.2, -0.15) is 9.78 Å². The number of carbonyl (C=O) groups excluding carboxylic acids is 1. The second-order valence-electron chi connectivity index (χ2n) is 6.43. The van der Waals surface area contributed by atoms with E-state index in [1.54, 1.807) is 10.7 Å². The normalized spacial score (nSPS) is 10.8. The van der Waals surface area contributed by atoms with Crippen LogP contribution in [0.25, 0.3) is 16.4 Å². The Morgan fingerprint density at radius 3 is 2.64 bits per heavy atom. The summed E-state index contributed by atoms with van der Waals surface area (Å²) < 4.78 is 1.66. The van der Waals surface area contributed by atoms with Crippen molar-refractivity contribution in [2.75, 3.05) is 5.32 Å². The van der Waals surface area contributed by atoms with Crippen LogP contribution in [-0.2, 0) is 0 Å². The van der Waals surface area contributed by atoms with Crippen LogP contribution < -0.4 is 5.32 Å². The fourth-order valence-corrected chi connectivity index (χ4v) is 3.75. The molecule has 0 saturated heterocycles. The molecular formula is C21H17ClN4OS. The van der Waals surface area contributed by atoms with Crippen LogP contribution in [0.15, 0.2) is 60.0 Å². The molecule has 0 atom stereocenters. The summed E-state index contributed by atoms with van der Waals surface area (Å²) in [7, 11) is 0. The number of carbonyl (C=O) groups is 1. The summed E-state index contributed by atoms with van der Waals surface area (Å²) in [6.07, 6.45) is 0. The highest BCUT2D eigenvalue weighted by Gasteiger charge is 2.15. The van der Waals surface area contributed by atoms with E-state index in [0.717, 1.165) is 22.5 Å². The first kappa shape index (κ1) is 18.4. The van der Waals surface area contributed by atoms with E-state index < -0.39 is 0 Å². The van der Waals surface area contributed by atoms with Crippen LogP contribution in [0.2, 0.25) is 5.02 Å². The summed E-state index contributed by atoms with van der Waals surface area (Å²) in [6.45, 7) is 3.84. The summed E-state index contributed by atoms with van der Waals surface area (Å²) in [4.78, 5) is 17.3. The van der Waals surface area contributed by atoms with Gasteiger partial charge in [-0.3, -0.25) is 4.79 Å². The molecule has 0 bridgehead atoms. The lowest BCUT2D eigenvalue weighted by atomic mass is 10.1. The number of nitrogens with one attached hydrogen (secondary N) is 1. The number of hydrogen-bond acceptors (Lipinski definition) is 4. The van der Waals surface area contributed by atoms with E-state index in [4.69, 9.17) is 11.6 Å². The molecule has 0 radical (unpaired) electrons. The van der Waals surface area contributed by atoms with Crippen LogP contribution in [0.3, 0.4) is 0 Å². The van der Waals surface area contributed by atoms with Crippen LogP contribution in [0.1, 0.15) is 21.6 Å². The summed E-state index contributed by atoms with van der Waals surface area (Å²) in [5, 5.41) is 10.8. The molecule has 0 saturated carbocycles. The molecule has 2 heterocycles. The van der Waals surface area contributed by atoms with Gasteiger partial charge in [0.2, 0.25) is 5.13 Å². The van der Waals surface area contributed by atoms with Gasteiger partial charge in [-0.15, -0.1) is 11.3 Å². The number of thiazole rings is 1. The lowest BCUT2D eigenvalue weighted by molar-refractivity contribution is 0.102. The first-order valence-corrected chi connectivity index (χ1v) is 9.92. The average Bonchev–Trinajstić information content (AvgIpc) is 3.29. The summed E-state index contributed by atoms with van der Waals surface area (Å²) in [5.41, 5.74) is 4.24. The van der Waals surface area contributed by atoms with Gasteiger partial charge in [0, 0.05) is 27.6 Å². The molecule has 1 amide bonds. The summed E-state index contributed by atoms with van der Waals surface area (Å²) >= 11 is 7.42. The lowest BCUT2D eigenvalue weighted by Gasteiger charge is -2.07. The number of benzene rings is 2. The van der Waals surface area contributed by atoms with Gasteiger partial charge < -0.3 is 5.32 Å². The molecule has 0 unspecified atom stereocenters. The third-order valence-electron chi connectivity index (χ3n) is 4.17. The van der Waals surface area contributed by atoms with Gasteiger partial charge in [0.1, 0.15) is 5.82 Å². The van der Waals surface area contributed by atoms with Crippen LogP contribution in [-0.4, -0.2) is 20.7 Å². The van der Waals surface area contributed by atoms with Gasteiger partial charge in [-0.1, -0.05) is 41.4 Å². The Hall–Kier alpha value is -2.96. The number of rotatable bonds is 4. The molecule has 7 heteroatoms. The third-order valence-corrected chi connectivity index (χ3v) is 5.23. The van der Waals surface area contributed by atoms with E-state index in [-0.39, 0.29) is 5.91 Å². The average molecular weight is 409 g/mol. The zero-order chi connectivity index (χ0) is 19.7. The molecule has 0 aliphatic rings. The van der Waals surface area contributed by atoms with Crippen molar-refractivity contribution in [2.24, 2.45) is 0 Å². The fourth-order valence-electron chi connectivity index (χ4n) is 2.82. The minimum Gasteiger partial charge on any atom is -0.306 e. The molecule has 0 spiro atoms. The number of amides is 1. The SMILES string of the molecule is Cc1cccc(C(=O)Nc2cc(C)nn2-c2nc(-c3ccc(Cl)cc3)cs2)c1. The van der Waals surface area contributed by atoms with Crippen LogP contribution in [0, 0.1) is 13.8 Å². The van der Waals surface area contributed by atoms with Crippen molar-refractivity contribution in [3.05, 3.63) is 81.8 Å². The predicted octanol–water partition coefficient (Wildman–Crippen LogP) is 5.52. The van der Waals surface area contributed by atoms with Crippen molar-refractivity contribution in [3.8, 4) is 16.4 Å². The van der Waals surface area contributed by atoms with E-state index in [1.807, 2.05) is 67.8 Å². The maximum Gasteiger partial charge on any atom is 0.256 e. The molecule has 4 rings (SSSR count). The maximum absolute atomic E-state index is 12.6. The van der Waals surface area contributed by atoms with E-state index in [9.17, 15) is 4.79 Å². The van der Waals surface area contributed by atoms with Gasteiger partial charge >= 0.3 is 0 Å². The molecule has 140 valence electrons. The Morgan fingerprint density at radius 2 is 1.89 bits per heavy atom. The molecule has 5 nitrogen and oxygen atoms in total. The van der Waals surface area contributed by atoms with Crippen molar-refractivity contribution in [2.45, 2.75) is 13.8 Å². The molecule has 0 aliphatic carbocycles. The molecule has 2 aromatic carbocycles. The molecule has 2 aromatic heterocycles.